The van der Waals surface area contributed by atoms with Crippen LogP contribution in [0.25, 0.3) is 0 Å². The summed E-state index contributed by atoms with van der Waals surface area (Å²) < 4.78 is 26.8. The van der Waals surface area contributed by atoms with Crippen molar-refractivity contribution in [1.29, 1.82) is 0 Å². The summed E-state index contributed by atoms with van der Waals surface area (Å²) in [5.41, 5.74) is -1.67. The summed E-state index contributed by atoms with van der Waals surface area (Å²) in [4.78, 5) is 13.7. The minimum absolute atomic E-state index is 0.0732. The van der Waals surface area contributed by atoms with Gasteiger partial charge in [0.25, 0.3) is 0 Å². The van der Waals surface area contributed by atoms with Crippen molar-refractivity contribution >= 4 is 5.97 Å². The van der Waals surface area contributed by atoms with E-state index in [0.717, 1.165) is 19.2 Å². The molecule has 2 N–H and O–H groups in total. The molecule has 1 rings (SSSR count). The van der Waals surface area contributed by atoms with Crippen LogP contribution in [0.5, 0.6) is 0 Å². The summed E-state index contributed by atoms with van der Waals surface area (Å²) in [6.07, 6.45) is 0. The highest BCUT2D eigenvalue weighted by Gasteiger charge is 2.37. The number of hydrogen-bond acceptors (Lipinski definition) is 3. The van der Waals surface area contributed by atoms with Gasteiger partial charge in [0.05, 0.1) is 0 Å². The van der Waals surface area contributed by atoms with Crippen molar-refractivity contribution in [3.05, 3.63) is 35.4 Å². The van der Waals surface area contributed by atoms with Crippen molar-refractivity contribution in [1.82, 2.24) is 10.2 Å². The van der Waals surface area contributed by atoms with Gasteiger partial charge in [-0.1, -0.05) is 19.9 Å². The molecule has 0 aliphatic rings. The summed E-state index contributed by atoms with van der Waals surface area (Å²) in [5, 5.41) is 12.3. The van der Waals surface area contributed by atoms with Crippen LogP contribution >= 0.6 is 0 Å². The molecule has 1 unspecified atom stereocenters. The Morgan fingerprint density at radius 2 is 1.95 bits per heavy atom. The zero-order valence-electron chi connectivity index (χ0n) is 12.6. The maximum atomic E-state index is 13.9. The number of halogens is 2. The Morgan fingerprint density at radius 3 is 2.43 bits per heavy atom. The molecule has 0 bridgehead atoms. The fraction of sp³-hybridized carbons (Fsp3) is 0.533. The van der Waals surface area contributed by atoms with Crippen molar-refractivity contribution < 1.29 is 18.7 Å². The van der Waals surface area contributed by atoms with Crippen LogP contribution in [0, 0.1) is 11.6 Å². The average Bonchev–Trinajstić information content (AvgIpc) is 2.43. The first-order chi connectivity index (χ1) is 9.85. The number of likely N-dealkylation sites (N-methyl/N-ethyl adjacent to an activating group) is 1. The molecular formula is C15H22F2N2O2. The quantitative estimate of drug-likeness (QED) is 0.773. The van der Waals surface area contributed by atoms with Crippen LogP contribution in [0.1, 0.15) is 26.3 Å². The molecule has 0 amide bonds. The van der Waals surface area contributed by atoms with Crippen molar-refractivity contribution in [3.8, 4) is 0 Å². The highest BCUT2D eigenvalue weighted by atomic mass is 19.1. The Labute approximate surface area is 123 Å². The van der Waals surface area contributed by atoms with Gasteiger partial charge in [-0.3, -0.25) is 5.32 Å². The smallest absolute Gasteiger partial charge is 0.328 e. The fourth-order valence-corrected chi connectivity index (χ4v) is 2.18. The summed E-state index contributed by atoms with van der Waals surface area (Å²) in [6, 6.07) is 2.93. The number of benzene rings is 1. The number of nitrogens with one attached hydrogen (secondary N) is 1. The van der Waals surface area contributed by atoms with Crippen molar-refractivity contribution in [2.45, 2.75) is 26.3 Å². The molecule has 6 heteroatoms. The maximum absolute atomic E-state index is 13.9. The van der Waals surface area contributed by atoms with E-state index in [-0.39, 0.29) is 5.56 Å². The number of carboxylic acid groups (broad SMARTS) is 1. The molecule has 118 valence electrons. The fourth-order valence-electron chi connectivity index (χ4n) is 2.18. The van der Waals surface area contributed by atoms with Crippen molar-refractivity contribution in [3.63, 3.8) is 0 Å². The summed E-state index contributed by atoms with van der Waals surface area (Å²) in [5.74, 6) is -2.80. The Balaban J connectivity index is 2.90. The lowest BCUT2D eigenvalue weighted by Gasteiger charge is -2.29. The highest BCUT2D eigenvalue weighted by molar-refractivity contribution is 5.80. The van der Waals surface area contributed by atoms with E-state index in [9.17, 15) is 18.7 Å². The standard InChI is InChI=1S/C15H22F2N2O2/c1-4-19(5-2)9-8-18-15(3,14(20)21)12-7-6-11(16)10-13(12)17/h6-7,10,18H,4-5,8-9H2,1-3H3,(H,20,21). The molecular weight excluding hydrogens is 278 g/mol. The van der Waals surface area contributed by atoms with Gasteiger partial charge in [-0.2, -0.15) is 0 Å². The van der Waals surface area contributed by atoms with Crippen LogP contribution in [-0.4, -0.2) is 42.2 Å². The molecule has 0 fully saturated rings. The number of aliphatic carboxylic acids is 1. The normalized spacial score (nSPS) is 14.2. The molecule has 0 aliphatic heterocycles. The van der Waals surface area contributed by atoms with E-state index < -0.39 is 23.1 Å². The lowest BCUT2D eigenvalue weighted by Crippen LogP contribution is -2.49. The van der Waals surface area contributed by atoms with Crippen molar-refractivity contribution in [2.75, 3.05) is 26.2 Å². The number of rotatable bonds is 8. The molecule has 0 aliphatic carbocycles. The molecule has 1 atom stereocenters. The third-order valence-corrected chi connectivity index (χ3v) is 3.70. The minimum Gasteiger partial charge on any atom is -0.480 e. The Kier molecular flexibility index (Phi) is 6.23. The van der Waals surface area contributed by atoms with Crippen LogP contribution in [0.4, 0.5) is 8.78 Å². The molecule has 4 nitrogen and oxygen atoms in total. The molecule has 0 saturated heterocycles. The van der Waals surface area contributed by atoms with Crippen LogP contribution in [0.15, 0.2) is 18.2 Å². The number of carbonyl (C=O) groups is 1. The van der Waals surface area contributed by atoms with Gasteiger partial charge in [0.1, 0.15) is 17.2 Å². The van der Waals surface area contributed by atoms with Crippen LogP contribution < -0.4 is 5.32 Å². The largest absolute Gasteiger partial charge is 0.480 e. The lowest BCUT2D eigenvalue weighted by molar-refractivity contribution is -0.144. The van der Waals surface area contributed by atoms with Gasteiger partial charge >= 0.3 is 5.97 Å². The topological polar surface area (TPSA) is 52.6 Å². The SMILES string of the molecule is CCN(CC)CCNC(C)(C(=O)O)c1ccc(F)cc1F. The average molecular weight is 300 g/mol. The van der Waals surface area contributed by atoms with Gasteiger partial charge in [0, 0.05) is 24.7 Å². The zero-order chi connectivity index (χ0) is 16.0. The van der Waals surface area contributed by atoms with Gasteiger partial charge in [-0.15, -0.1) is 0 Å². The third kappa shape index (κ3) is 4.22. The minimum atomic E-state index is -1.59. The van der Waals surface area contributed by atoms with E-state index in [1.54, 1.807) is 0 Å². The van der Waals surface area contributed by atoms with E-state index in [4.69, 9.17) is 0 Å². The van der Waals surface area contributed by atoms with Gasteiger partial charge in [0.15, 0.2) is 0 Å². The third-order valence-electron chi connectivity index (χ3n) is 3.70. The second-order valence-corrected chi connectivity index (χ2v) is 5.01. The second kappa shape index (κ2) is 7.47. The maximum Gasteiger partial charge on any atom is 0.328 e. The number of hydrogen-bond donors (Lipinski definition) is 2. The predicted molar refractivity (Wildman–Crippen MR) is 77.1 cm³/mol. The number of carboxylic acids is 1. The predicted octanol–water partition coefficient (Wildman–Crippen LogP) is 2.20. The van der Waals surface area contributed by atoms with Crippen LogP contribution in [0.3, 0.4) is 0 Å². The monoisotopic (exact) mass is 300 g/mol. The highest BCUT2D eigenvalue weighted by Crippen LogP contribution is 2.24. The molecule has 0 saturated carbocycles. The van der Waals surface area contributed by atoms with Gasteiger partial charge in [-0.05, 0) is 26.1 Å². The molecule has 0 radical (unpaired) electrons. The van der Waals surface area contributed by atoms with Crippen molar-refractivity contribution in [2.24, 2.45) is 0 Å². The van der Waals surface area contributed by atoms with E-state index in [1.165, 1.54) is 13.0 Å². The van der Waals surface area contributed by atoms with E-state index in [1.807, 2.05) is 13.8 Å². The lowest BCUT2D eigenvalue weighted by atomic mass is 9.91. The molecule has 0 aromatic heterocycles. The first kappa shape index (κ1) is 17.5. The number of nitrogens with zero attached hydrogens (tertiary/aromatic N) is 1. The molecule has 0 spiro atoms. The Morgan fingerprint density at radius 1 is 1.33 bits per heavy atom. The molecule has 0 heterocycles. The first-order valence-electron chi connectivity index (χ1n) is 7.01. The van der Waals surface area contributed by atoms with Gasteiger partial charge < -0.3 is 10.0 Å². The molecule has 21 heavy (non-hydrogen) atoms. The Hall–Kier alpha value is -1.53. The molecule has 1 aromatic rings. The second-order valence-electron chi connectivity index (χ2n) is 5.01. The summed E-state index contributed by atoms with van der Waals surface area (Å²) >= 11 is 0. The van der Waals surface area contributed by atoms with E-state index in [2.05, 4.69) is 10.2 Å². The summed E-state index contributed by atoms with van der Waals surface area (Å²) in [6.45, 7) is 8.16. The Bertz CT molecular complexity index is 493. The van der Waals surface area contributed by atoms with Crippen LogP contribution in [0.2, 0.25) is 0 Å². The van der Waals surface area contributed by atoms with E-state index in [0.29, 0.717) is 19.2 Å². The van der Waals surface area contributed by atoms with Gasteiger partial charge in [0.2, 0.25) is 0 Å². The van der Waals surface area contributed by atoms with Gasteiger partial charge in [-0.25, -0.2) is 13.6 Å². The first-order valence-corrected chi connectivity index (χ1v) is 7.01. The summed E-state index contributed by atoms with van der Waals surface area (Å²) in [7, 11) is 0. The molecule has 1 aromatic carbocycles. The van der Waals surface area contributed by atoms with Crippen LogP contribution in [-0.2, 0) is 10.3 Å². The zero-order valence-corrected chi connectivity index (χ0v) is 12.6. The van der Waals surface area contributed by atoms with E-state index >= 15 is 0 Å².